The first-order valence-corrected chi connectivity index (χ1v) is 4.06. The maximum absolute atomic E-state index is 5.92. The van der Waals surface area contributed by atoms with Gasteiger partial charge in [0.25, 0.3) is 0 Å². The van der Waals surface area contributed by atoms with E-state index in [1.54, 1.807) is 0 Å². The van der Waals surface area contributed by atoms with Gasteiger partial charge < -0.3 is 9.27 Å². The number of aromatic nitrogens is 1. The SMILES string of the molecule is ClOc1[nH]c2ccccc2c1Cl. The van der Waals surface area contributed by atoms with E-state index in [1.807, 2.05) is 24.3 Å². The molecule has 0 aliphatic carbocycles. The Labute approximate surface area is 79.2 Å². The molecule has 4 heteroatoms. The van der Waals surface area contributed by atoms with Crippen LogP contribution in [-0.2, 0) is 0 Å². The fourth-order valence-corrected chi connectivity index (χ4v) is 1.54. The normalized spacial score (nSPS) is 10.5. The van der Waals surface area contributed by atoms with Crippen molar-refractivity contribution in [3.63, 3.8) is 0 Å². The zero-order chi connectivity index (χ0) is 8.55. The summed E-state index contributed by atoms with van der Waals surface area (Å²) in [6.07, 6.45) is 0. The molecular weight excluding hydrogens is 197 g/mol. The molecule has 0 atom stereocenters. The molecule has 62 valence electrons. The molecule has 0 saturated carbocycles. The summed E-state index contributed by atoms with van der Waals surface area (Å²) in [4.78, 5) is 2.93. The number of hydrogen-bond acceptors (Lipinski definition) is 1. The van der Waals surface area contributed by atoms with E-state index in [-0.39, 0.29) is 0 Å². The Morgan fingerprint density at radius 3 is 2.67 bits per heavy atom. The van der Waals surface area contributed by atoms with Crippen molar-refractivity contribution in [2.24, 2.45) is 0 Å². The van der Waals surface area contributed by atoms with E-state index >= 15 is 0 Å². The first-order valence-electron chi connectivity index (χ1n) is 3.37. The summed E-state index contributed by atoms with van der Waals surface area (Å²) in [5, 5.41) is 1.43. The Bertz CT molecular complexity index is 410. The first-order chi connectivity index (χ1) is 5.83. The van der Waals surface area contributed by atoms with E-state index in [9.17, 15) is 0 Å². The highest BCUT2D eigenvalue weighted by Crippen LogP contribution is 2.32. The molecule has 2 nitrogen and oxygen atoms in total. The van der Waals surface area contributed by atoms with Crippen molar-refractivity contribution in [1.29, 1.82) is 0 Å². The number of benzene rings is 1. The van der Waals surface area contributed by atoms with Crippen LogP contribution in [0.1, 0.15) is 0 Å². The van der Waals surface area contributed by atoms with Gasteiger partial charge in [0.15, 0.2) is 0 Å². The van der Waals surface area contributed by atoms with Crippen LogP contribution in [-0.4, -0.2) is 4.98 Å². The number of hydrogen-bond donors (Lipinski definition) is 1. The van der Waals surface area contributed by atoms with Crippen molar-refractivity contribution in [2.45, 2.75) is 0 Å². The van der Waals surface area contributed by atoms with Gasteiger partial charge in [-0.05, 0) is 6.07 Å². The summed E-state index contributed by atoms with van der Waals surface area (Å²) in [5.41, 5.74) is 0.915. The number of aromatic amines is 1. The van der Waals surface area contributed by atoms with Gasteiger partial charge in [-0.2, -0.15) is 0 Å². The minimum Gasteiger partial charge on any atom is -0.365 e. The molecule has 0 aliphatic rings. The first kappa shape index (κ1) is 7.77. The molecule has 2 rings (SSSR count). The Balaban J connectivity index is 2.78. The number of rotatable bonds is 1. The molecule has 0 saturated heterocycles. The molecule has 1 heterocycles. The minimum atomic E-state index is 0.388. The van der Waals surface area contributed by atoms with Crippen molar-refractivity contribution in [2.75, 3.05) is 0 Å². The van der Waals surface area contributed by atoms with E-state index in [4.69, 9.17) is 23.5 Å². The molecule has 0 unspecified atom stereocenters. The summed E-state index contributed by atoms with van der Waals surface area (Å²) in [6.45, 7) is 0. The zero-order valence-electron chi connectivity index (χ0n) is 5.97. The van der Waals surface area contributed by atoms with Gasteiger partial charge >= 0.3 is 0 Å². The second-order valence-corrected chi connectivity index (χ2v) is 2.92. The van der Waals surface area contributed by atoms with Gasteiger partial charge in [0, 0.05) is 10.9 Å². The lowest BCUT2D eigenvalue weighted by atomic mass is 10.2. The standard InChI is InChI=1S/C8H5Cl2NO/c9-7-5-3-1-2-4-6(5)11-8(7)12-10/h1-4,11H. The zero-order valence-corrected chi connectivity index (χ0v) is 7.49. The van der Waals surface area contributed by atoms with Gasteiger partial charge in [-0.15, -0.1) is 0 Å². The van der Waals surface area contributed by atoms with E-state index < -0.39 is 0 Å². The van der Waals surface area contributed by atoms with Crippen LogP contribution in [0.5, 0.6) is 5.88 Å². The molecule has 2 aromatic rings. The maximum atomic E-state index is 5.92. The van der Waals surface area contributed by atoms with Crippen molar-refractivity contribution in [3.05, 3.63) is 29.3 Å². The van der Waals surface area contributed by atoms with Crippen LogP contribution in [0, 0.1) is 0 Å². The quantitative estimate of drug-likeness (QED) is 0.753. The van der Waals surface area contributed by atoms with Gasteiger partial charge in [-0.25, -0.2) is 0 Å². The van der Waals surface area contributed by atoms with Crippen LogP contribution in [0.2, 0.25) is 5.02 Å². The lowest BCUT2D eigenvalue weighted by Gasteiger charge is -1.88. The number of fused-ring (bicyclic) bond motifs is 1. The molecule has 12 heavy (non-hydrogen) atoms. The van der Waals surface area contributed by atoms with Crippen LogP contribution in [0.25, 0.3) is 10.9 Å². The Morgan fingerprint density at radius 1 is 1.25 bits per heavy atom. The van der Waals surface area contributed by atoms with Gasteiger partial charge in [-0.3, -0.25) is 0 Å². The summed E-state index contributed by atoms with van der Waals surface area (Å²) in [6, 6.07) is 7.61. The van der Waals surface area contributed by atoms with Crippen LogP contribution in [0.4, 0.5) is 0 Å². The molecule has 1 N–H and O–H groups in total. The molecule has 0 bridgehead atoms. The Hall–Kier alpha value is -0.860. The minimum absolute atomic E-state index is 0.388. The second-order valence-electron chi connectivity index (χ2n) is 2.39. The van der Waals surface area contributed by atoms with Crippen molar-refractivity contribution in [1.82, 2.24) is 4.98 Å². The highest BCUT2D eigenvalue weighted by atomic mass is 35.5. The average molecular weight is 202 g/mol. The van der Waals surface area contributed by atoms with E-state index in [0.29, 0.717) is 10.9 Å². The number of halogens is 2. The van der Waals surface area contributed by atoms with E-state index in [1.165, 1.54) is 0 Å². The molecule has 0 aliphatic heterocycles. The van der Waals surface area contributed by atoms with Crippen molar-refractivity contribution >= 4 is 34.4 Å². The lowest BCUT2D eigenvalue weighted by Crippen LogP contribution is -1.72. The van der Waals surface area contributed by atoms with E-state index in [0.717, 1.165) is 10.9 Å². The third kappa shape index (κ3) is 1.04. The molecule has 0 fully saturated rings. The summed E-state index contributed by atoms with van der Waals surface area (Å²) >= 11 is 11.1. The fourth-order valence-electron chi connectivity index (χ4n) is 1.14. The predicted octanol–water partition coefficient (Wildman–Crippen LogP) is 3.35. The number of nitrogens with one attached hydrogen (secondary N) is 1. The van der Waals surface area contributed by atoms with Crippen LogP contribution >= 0.6 is 23.5 Å². The number of H-pyrrole nitrogens is 1. The van der Waals surface area contributed by atoms with Gasteiger partial charge in [-0.1, -0.05) is 29.8 Å². The average Bonchev–Trinajstić information content (AvgIpc) is 2.44. The largest absolute Gasteiger partial charge is 0.365 e. The topological polar surface area (TPSA) is 25.0 Å². The molecule has 0 spiro atoms. The number of para-hydroxylation sites is 1. The lowest BCUT2D eigenvalue weighted by molar-refractivity contribution is 0.598. The summed E-state index contributed by atoms with van der Waals surface area (Å²) in [5.74, 6) is 0.388. The maximum Gasteiger partial charge on any atom is 0.235 e. The highest BCUT2D eigenvalue weighted by molar-refractivity contribution is 6.37. The molecule has 0 amide bonds. The smallest absolute Gasteiger partial charge is 0.235 e. The van der Waals surface area contributed by atoms with Crippen LogP contribution in [0.15, 0.2) is 24.3 Å². The fraction of sp³-hybridized carbons (Fsp3) is 0. The summed E-state index contributed by atoms with van der Waals surface area (Å²) < 4.78 is 4.51. The van der Waals surface area contributed by atoms with Gasteiger partial charge in [0.05, 0.1) is 0 Å². The van der Waals surface area contributed by atoms with E-state index in [2.05, 4.69) is 9.27 Å². The molecule has 1 aromatic heterocycles. The summed E-state index contributed by atoms with van der Waals surface area (Å²) in [7, 11) is 0. The monoisotopic (exact) mass is 201 g/mol. The Kier molecular flexibility index (Phi) is 1.87. The highest BCUT2D eigenvalue weighted by Gasteiger charge is 2.08. The van der Waals surface area contributed by atoms with Crippen LogP contribution < -0.4 is 4.29 Å². The second kappa shape index (κ2) is 2.88. The Morgan fingerprint density at radius 2 is 2.00 bits per heavy atom. The third-order valence-electron chi connectivity index (χ3n) is 1.69. The van der Waals surface area contributed by atoms with Crippen LogP contribution in [0.3, 0.4) is 0 Å². The molecule has 0 radical (unpaired) electrons. The van der Waals surface area contributed by atoms with Gasteiger partial charge in [0.2, 0.25) is 5.88 Å². The van der Waals surface area contributed by atoms with Crippen molar-refractivity contribution < 1.29 is 4.29 Å². The predicted molar refractivity (Wildman–Crippen MR) is 49.8 cm³/mol. The third-order valence-corrected chi connectivity index (χ3v) is 2.22. The molecular formula is C8H5Cl2NO. The van der Waals surface area contributed by atoms with Crippen molar-refractivity contribution in [3.8, 4) is 5.88 Å². The molecule has 1 aromatic carbocycles. The van der Waals surface area contributed by atoms with Gasteiger partial charge in [0.1, 0.15) is 16.9 Å².